The molecule has 0 radical (unpaired) electrons. The van der Waals surface area contributed by atoms with Gasteiger partial charge in [0.2, 0.25) is 5.78 Å². The van der Waals surface area contributed by atoms with Gasteiger partial charge in [-0.25, -0.2) is 4.98 Å². The molecule has 4 nitrogen and oxygen atoms in total. The first-order valence-corrected chi connectivity index (χ1v) is 5.97. The first-order chi connectivity index (χ1) is 7.31. The van der Waals surface area contributed by atoms with Crippen LogP contribution in [0.4, 0.5) is 0 Å². The second kappa shape index (κ2) is 4.83. The molecule has 0 atom stereocenters. The second-order valence-electron chi connectivity index (χ2n) is 3.69. The third-order valence-electron chi connectivity index (χ3n) is 2.47. The molecule has 2 rings (SSSR count). The lowest BCUT2D eigenvalue weighted by molar-refractivity contribution is 0.0907. The molecule has 5 heteroatoms. The molecule has 0 aromatic carbocycles. The number of carbonyl (C=O) groups excluding carboxylic acids is 1. The lowest BCUT2D eigenvalue weighted by Gasteiger charge is -2.18. The molecule has 82 valence electrons. The van der Waals surface area contributed by atoms with Crippen LogP contribution < -0.4 is 0 Å². The summed E-state index contributed by atoms with van der Waals surface area (Å²) in [5, 5.41) is 11.3. The number of aliphatic hydroxyl groups excluding tert-OH is 1. The fourth-order valence-corrected chi connectivity index (χ4v) is 2.14. The van der Waals surface area contributed by atoms with E-state index in [1.165, 1.54) is 11.3 Å². The third-order valence-corrected chi connectivity index (χ3v) is 3.28. The van der Waals surface area contributed by atoms with Gasteiger partial charge in [-0.05, 0) is 12.8 Å². The summed E-state index contributed by atoms with van der Waals surface area (Å²) < 4.78 is 0. The number of ketones is 1. The Morgan fingerprint density at radius 2 is 2.47 bits per heavy atom. The molecule has 0 bridgehead atoms. The van der Waals surface area contributed by atoms with Crippen LogP contribution in [0.25, 0.3) is 0 Å². The molecule has 1 aromatic heterocycles. The maximum absolute atomic E-state index is 11.7. The largest absolute Gasteiger partial charge is 0.395 e. The smallest absolute Gasteiger partial charge is 0.205 e. The molecule has 0 saturated heterocycles. The minimum absolute atomic E-state index is 0.0605. The molecule has 1 fully saturated rings. The number of thiazole rings is 1. The van der Waals surface area contributed by atoms with Crippen molar-refractivity contribution in [3.63, 3.8) is 0 Å². The Hall–Kier alpha value is -0.780. The molecule has 1 aromatic rings. The van der Waals surface area contributed by atoms with Gasteiger partial charge < -0.3 is 5.11 Å². The van der Waals surface area contributed by atoms with Crippen LogP contribution in [0.2, 0.25) is 0 Å². The molecule has 0 spiro atoms. The van der Waals surface area contributed by atoms with Crippen molar-refractivity contribution in [2.45, 2.75) is 18.9 Å². The van der Waals surface area contributed by atoms with Gasteiger partial charge in [0, 0.05) is 24.2 Å². The lowest BCUT2D eigenvalue weighted by atomic mass is 10.3. The summed E-state index contributed by atoms with van der Waals surface area (Å²) >= 11 is 1.37. The van der Waals surface area contributed by atoms with Gasteiger partial charge in [0.25, 0.3) is 0 Å². The molecule has 15 heavy (non-hydrogen) atoms. The molecule has 1 heterocycles. The quantitative estimate of drug-likeness (QED) is 0.728. The van der Waals surface area contributed by atoms with Gasteiger partial charge in [-0.2, -0.15) is 0 Å². The summed E-state index contributed by atoms with van der Waals surface area (Å²) in [5.74, 6) is 0.0605. The van der Waals surface area contributed by atoms with E-state index in [0.29, 0.717) is 24.1 Å². The minimum Gasteiger partial charge on any atom is -0.395 e. The highest BCUT2D eigenvalue weighted by Crippen LogP contribution is 2.26. The fraction of sp³-hybridized carbons (Fsp3) is 0.600. The van der Waals surface area contributed by atoms with Gasteiger partial charge in [0.1, 0.15) is 0 Å². The summed E-state index contributed by atoms with van der Waals surface area (Å²) in [6, 6.07) is 0.501. The van der Waals surface area contributed by atoms with Crippen LogP contribution in [0, 0.1) is 0 Å². The topological polar surface area (TPSA) is 53.4 Å². The van der Waals surface area contributed by atoms with E-state index < -0.39 is 0 Å². The monoisotopic (exact) mass is 226 g/mol. The van der Waals surface area contributed by atoms with E-state index in [-0.39, 0.29) is 12.4 Å². The highest BCUT2D eigenvalue weighted by atomic mass is 32.1. The van der Waals surface area contributed by atoms with Gasteiger partial charge in [-0.3, -0.25) is 9.69 Å². The number of aromatic nitrogens is 1. The molecule has 1 N–H and O–H groups in total. The van der Waals surface area contributed by atoms with Crippen molar-refractivity contribution in [1.29, 1.82) is 0 Å². The maximum atomic E-state index is 11.7. The zero-order valence-corrected chi connectivity index (χ0v) is 9.24. The van der Waals surface area contributed by atoms with Gasteiger partial charge in [-0.1, -0.05) is 0 Å². The van der Waals surface area contributed by atoms with E-state index in [1.807, 2.05) is 4.90 Å². The Morgan fingerprint density at radius 3 is 3.00 bits per heavy atom. The summed E-state index contributed by atoms with van der Waals surface area (Å²) in [5.41, 5.74) is 0. The average molecular weight is 226 g/mol. The summed E-state index contributed by atoms with van der Waals surface area (Å²) in [7, 11) is 0. The maximum Gasteiger partial charge on any atom is 0.205 e. The van der Waals surface area contributed by atoms with Crippen molar-refractivity contribution in [2.24, 2.45) is 0 Å². The Morgan fingerprint density at radius 1 is 1.67 bits per heavy atom. The minimum atomic E-state index is 0.0605. The normalized spacial score (nSPS) is 15.9. The van der Waals surface area contributed by atoms with E-state index in [4.69, 9.17) is 5.11 Å². The van der Waals surface area contributed by atoms with Gasteiger partial charge >= 0.3 is 0 Å². The molecule has 1 aliphatic carbocycles. The number of rotatable bonds is 6. The summed E-state index contributed by atoms with van der Waals surface area (Å²) in [4.78, 5) is 17.8. The van der Waals surface area contributed by atoms with Gasteiger partial charge in [0.05, 0.1) is 13.2 Å². The predicted molar refractivity (Wildman–Crippen MR) is 58.1 cm³/mol. The van der Waals surface area contributed by atoms with Gasteiger partial charge in [-0.15, -0.1) is 11.3 Å². The molecule has 0 amide bonds. The van der Waals surface area contributed by atoms with Crippen LogP contribution in [0.1, 0.15) is 22.6 Å². The van der Waals surface area contributed by atoms with Gasteiger partial charge in [0.15, 0.2) is 5.01 Å². The van der Waals surface area contributed by atoms with E-state index in [1.54, 1.807) is 11.6 Å². The average Bonchev–Trinajstić information content (AvgIpc) is 2.92. The molecule has 0 aliphatic heterocycles. The fourth-order valence-electron chi connectivity index (χ4n) is 1.57. The van der Waals surface area contributed by atoms with Crippen molar-refractivity contribution < 1.29 is 9.90 Å². The van der Waals surface area contributed by atoms with Crippen molar-refractivity contribution in [3.8, 4) is 0 Å². The number of aliphatic hydroxyl groups is 1. The van der Waals surface area contributed by atoms with Crippen molar-refractivity contribution in [3.05, 3.63) is 16.6 Å². The number of carbonyl (C=O) groups is 1. The number of hydrogen-bond acceptors (Lipinski definition) is 5. The highest BCUT2D eigenvalue weighted by molar-refractivity contribution is 7.11. The second-order valence-corrected chi connectivity index (χ2v) is 4.58. The molecule has 0 unspecified atom stereocenters. The highest BCUT2D eigenvalue weighted by Gasteiger charge is 2.30. The van der Waals surface area contributed by atoms with Crippen LogP contribution in [-0.2, 0) is 0 Å². The summed E-state index contributed by atoms with van der Waals surface area (Å²) in [6.45, 7) is 1.09. The van der Waals surface area contributed by atoms with Crippen LogP contribution in [0.3, 0.4) is 0 Å². The number of Topliss-reactive ketones (excluding diaryl/α,β-unsaturated/α-hetero) is 1. The Balaban J connectivity index is 1.91. The van der Waals surface area contributed by atoms with E-state index >= 15 is 0 Å². The molecular formula is C10H14N2O2S. The van der Waals surface area contributed by atoms with Crippen LogP contribution in [-0.4, -0.2) is 46.5 Å². The SMILES string of the molecule is O=C(CN(CCO)C1CC1)c1nccs1. The predicted octanol–water partition coefficient (Wildman–Crippen LogP) is 0.782. The van der Waals surface area contributed by atoms with Crippen LogP contribution in [0.15, 0.2) is 11.6 Å². The molecule has 1 saturated carbocycles. The number of nitrogens with zero attached hydrogens (tertiary/aromatic N) is 2. The summed E-state index contributed by atoms with van der Waals surface area (Å²) in [6.07, 6.45) is 3.93. The first-order valence-electron chi connectivity index (χ1n) is 5.09. The molecule has 1 aliphatic rings. The Kier molecular flexibility index (Phi) is 3.45. The Bertz CT molecular complexity index is 322. The van der Waals surface area contributed by atoms with Crippen molar-refractivity contribution in [1.82, 2.24) is 9.88 Å². The third kappa shape index (κ3) is 2.84. The van der Waals surface area contributed by atoms with E-state index in [2.05, 4.69) is 4.98 Å². The number of hydrogen-bond donors (Lipinski definition) is 1. The van der Waals surface area contributed by atoms with Crippen LogP contribution in [0.5, 0.6) is 0 Å². The zero-order chi connectivity index (χ0) is 10.7. The van der Waals surface area contributed by atoms with E-state index in [9.17, 15) is 4.79 Å². The molecular weight excluding hydrogens is 212 g/mol. The van der Waals surface area contributed by atoms with E-state index in [0.717, 1.165) is 12.8 Å². The van der Waals surface area contributed by atoms with Crippen LogP contribution >= 0.6 is 11.3 Å². The zero-order valence-electron chi connectivity index (χ0n) is 8.43. The standard InChI is InChI=1S/C10H14N2O2S/c13-5-4-12(8-1-2-8)7-9(14)10-11-3-6-15-10/h3,6,8,13H,1-2,4-5,7H2. The lowest BCUT2D eigenvalue weighted by Crippen LogP contribution is -2.34. The Labute approximate surface area is 92.6 Å². The first kappa shape index (κ1) is 10.7. The van der Waals surface area contributed by atoms with Crippen molar-refractivity contribution >= 4 is 17.1 Å². The van der Waals surface area contributed by atoms with Crippen molar-refractivity contribution in [2.75, 3.05) is 19.7 Å².